The van der Waals surface area contributed by atoms with Crippen LogP contribution in [-0.4, -0.2) is 49.4 Å². The zero-order valence-corrected chi connectivity index (χ0v) is 15.0. The minimum Gasteiger partial charge on any atom is -0.347 e. The first-order chi connectivity index (χ1) is 11.1. The summed E-state index contributed by atoms with van der Waals surface area (Å²) in [4.78, 5) is 14.4. The second kappa shape index (κ2) is 7.30. The number of amides is 1. The number of piperidine rings is 1. The van der Waals surface area contributed by atoms with Crippen molar-refractivity contribution in [1.29, 1.82) is 0 Å². The summed E-state index contributed by atoms with van der Waals surface area (Å²) in [7, 11) is 0. The van der Waals surface area contributed by atoms with Crippen molar-refractivity contribution in [2.75, 3.05) is 38.2 Å². The first-order valence-corrected chi connectivity index (χ1v) is 8.92. The van der Waals surface area contributed by atoms with E-state index in [0.717, 1.165) is 48.2 Å². The molecule has 1 aromatic rings. The van der Waals surface area contributed by atoms with Gasteiger partial charge in [0.25, 0.3) is 0 Å². The number of hydrogen-bond donors (Lipinski definition) is 1. The third-order valence-electron chi connectivity index (χ3n) is 4.53. The monoisotopic (exact) mass is 382 g/mol. The Balaban J connectivity index is 1.42. The highest BCUT2D eigenvalue weighted by atomic mass is 79.9. The van der Waals surface area contributed by atoms with Crippen molar-refractivity contribution < 1.29 is 14.3 Å². The number of rotatable bonds is 4. The molecule has 1 spiro atoms. The van der Waals surface area contributed by atoms with Crippen LogP contribution < -0.4 is 5.32 Å². The molecule has 1 aromatic carbocycles. The average molecular weight is 383 g/mol. The van der Waals surface area contributed by atoms with E-state index in [1.54, 1.807) is 0 Å². The molecule has 2 heterocycles. The number of halogens is 1. The van der Waals surface area contributed by atoms with Gasteiger partial charge in [0, 0.05) is 49.1 Å². The minimum atomic E-state index is -0.340. The predicted molar refractivity (Wildman–Crippen MR) is 92.4 cm³/mol. The summed E-state index contributed by atoms with van der Waals surface area (Å²) in [6.45, 7) is 6.03. The van der Waals surface area contributed by atoms with Crippen molar-refractivity contribution >= 4 is 27.5 Å². The molecule has 2 aliphatic rings. The lowest BCUT2D eigenvalue weighted by Crippen LogP contribution is -2.45. The molecule has 6 heteroatoms. The maximum Gasteiger partial charge on any atom is 0.225 e. The smallest absolute Gasteiger partial charge is 0.225 e. The Morgan fingerprint density at radius 3 is 2.65 bits per heavy atom. The summed E-state index contributed by atoms with van der Waals surface area (Å²) in [5, 5.41) is 2.96. The molecule has 0 bridgehead atoms. The quantitative estimate of drug-likeness (QED) is 0.869. The largest absolute Gasteiger partial charge is 0.347 e. The van der Waals surface area contributed by atoms with Crippen molar-refractivity contribution in [3.05, 3.63) is 28.2 Å². The number of likely N-dealkylation sites (tertiary alicyclic amines) is 1. The van der Waals surface area contributed by atoms with Gasteiger partial charge >= 0.3 is 0 Å². The van der Waals surface area contributed by atoms with Gasteiger partial charge in [-0.15, -0.1) is 0 Å². The lowest BCUT2D eigenvalue weighted by Gasteiger charge is -2.37. The fraction of sp³-hybridized carbons (Fsp3) is 0.588. The van der Waals surface area contributed by atoms with Gasteiger partial charge in [-0.2, -0.15) is 0 Å². The number of carbonyl (C=O) groups is 1. The van der Waals surface area contributed by atoms with Gasteiger partial charge in [0.2, 0.25) is 5.91 Å². The summed E-state index contributed by atoms with van der Waals surface area (Å²) < 4.78 is 12.5. The topological polar surface area (TPSA) is 50.8 Å². The van der Waals surface area contributed by atoms with E-state index in [1.807, 2.05) is 25.1 Å². The second-order valence-corrected chi connectivity index (χ2v) is 7.07. The normalized spacial score (nSPS) is 20.8. The standard InChI is InChI=1S/C17H23BrN2O3/c1-13-12-14(2-3-15(13)18)19-16(21)4-7-20-8-5-17(6-9-20)22-10-11-23-17/h2-3,12H,4-11H2,1H3,(H,19,21). The van der Waals surface area contributed by atoms with Crippen LogP contribution in [0.4, 0.5) is 5.69 Å². The van der Waals surface area contributed by atoms with E-state index in [9.17, 15) is 4.79 Å². The second-order valence-electron chi connectivity index (χ2n) is 6.21. The van der Waals surface area contributed by atoms with E-state index >= 15 is 0 Å². The molecule has 1 N–H and O–H groups in total. The van der Waals surface area contributed by atoms with Crippen molar-refractivity contribution in [3.8, 4) is 0 Å². The number of aryl methyl sites for hydroxylation is 1. The Morgan fingerprint density at radius 1 is 1.30 bits per heavy atom. The number of carbonyl (C=O) groups excluding carboxylic acids is 1. The first-order valence-electron chi connectivity index (χ1n) is 8.13. The van der Waals surface area contributed by atoms with Gasteiger partial charge < -0.3 is 19.7 Å². The molecule has 0 saturated carbocycles. The Bertz CT molecular complexity index is 563. The SMILES string of the molecule is Cc1cc(NC(=O)CCN2CCC3(CC2)OCCO3)ccc1Br. The van der Waals surface area contributed by atoms with Gasteiger partial charge in [-0.25, -0.2) is 0 Å². The number of benzene rings is 1. The fourth-order valence-corrected chi connectivity index (χ4v) is 3.36. The van der Waals surface area contributed by atoms with Crippen LogP contribution in [-0.2, 0) is 14.3 Å². The summed E-state index contributed by atoms with van der Waals surface area (Å²) in [6, 6.07) is 5.84. The van der Waals surface area contributed by atoms with Gasteiger partial charge in [-0.3, -0.25) is 4.79 Å². The van der Waals surface area contributed by atoms with E-state index in [-0.39, 0.29) is 11.7 Å². The number of nitrogens with one attached hydrogen (secondary N) is 1. The molecule has 0 atom stereocenters. The Hall–Kier alpha value is -0.950. The van der Waals surface area contributed by atoms with Gasteiger partial charge in [0.05, 0.1) is 13.2 Å². The Labute approximate surface area is 145 Å². The highest BCUT2D eigenvalue weighted by Crippen LogP contribution is 2.31. The minimum absolute atomic E-state index is 0.0559. The third kappa shape index (κ3) is 4.32. The molecule has 126 valence electrons. The molecule has 2 saturated heterocycles. The summed E-state index contributed by atoms with van der Waals surface area (Å²) in [6.07, 6.45) is 2.28. The molecule has 0 aliphatic carbocycles. The van der Waals surface area contributed by atoms with Crippen LogP contribution in [0.25, 0.3) is 0 Å². The Morgan fingerprint density at radius 2 is 2.00 bits per heavy atom. The summed E-state index contributed by atoms with van der Waals surface area (Å²) >= 11 is 3.46. The zero-order valence-electron chi connectivity index (χ0n) is 13.4. The molecule has 2 fully saturated rings. The van der Waals surface area contributed by atoms with Crippen LogP contribution in [0.3, 0.4) is 0 Å². The lowest BCUT2D eigenvalue weighted by molar-refractivity contribution is -0.185. The van der Waals surface area contributed by atoms with Crippen molar-refractivity contribution in [1.82, 2.24) is 4.90 Å². The number of nitrogens with zero attached hydrogens (tertiary/aromatic N) is 1. The van der Waals surface area contributed by atoms with Crippen molar-refractivity contribution in [2.24, 2.45) is 0 Å². The number of hydrogen-bond acceptors (Lipinski definition) is 4. The summed E-state index contributed by atoms with van der Waals surface area (Å²) in [5.74, 6) is -0.284. The number of anilines is 1. The van der Waals surface area contributed by atoms with E-state index < -0.39 is 0 Å². The highest BCUT2D eigenvalue weighted by molar-refractivity contribution is 9.10. The van der Waals surface area contributed by atoms with Crippen LogP contribution in [0.2, 0.25) is 0 Å². The van der Waals surface area contributed by atoms with E-state index in [0.29, 0.717) is 19.6 Å². The third-order valence-corrected chi connectivity index (χ3v) is 5.42. The van der Waals surface area contributed by atoms with Crippen molar-refractivity contribution in [2.45, 2.75) is 32.0 Å². The molecular weight excluding hydrogens is 360 g/mol. The molecule has 23 heavy (non-hydrogen) atoms. The molecular formula is C17H23BrN2O3. The number of ether oxygens (including phenoxy) is 2. The van der Waals surface area contributed by atoms with Gasteiger partial charge in [0.15, 0.2) is 5.79 Å². The van der Waals surface area contributed by atoms with Crippen LogP contribution in [0, 0.1) is 6.92 Å². The van der Waals surface area contributed by atoms with E-state index in [2.05, 4.69) is 26.1 Å². The van der Waals surface area contributed by atoms with Gasteiger partial charge in [0.1, 0.15) is 0 Å². The van der Waals surface area contributed by atoms with Gasteiger partial charge in [-0.1, -0.05) is 15.9 Å². The average Bonchev–Trinajstić information content (AvgIpc) is 2.99. The highest BCUT2D eigenvalue weighted by Gasteiger charge is 2.39. The van der Waals surface area contributed by atoms with Crippen molar-refractivity contribution in [3.63, 3.8) is 0 Å². The van der Waals surface area contributed by atoms with E-state index in [1.165, 1.54) is 0 Å². The maximum atomic E-state index is 12.1. The Kier molecular flexibility index (Phi) is 5.36. The lowest BCUT2D eigenvalue weighted by atomic mass is 10.0. The fourth-order valence-electron chi connectivity index (χ4n) is 3.11. The molecule has 5 nitrogen and oxygen atoms in total. The predicted octanol–water partition coefficient (Wildman–Crippen LogP) is 2.93. The van der Waals surface area contributed by atoms with Gasteiger partial charge in [-0.05, 0) is 30.7 Å². The molecule has 0 unspecified atom stereocenters. The van der Waals surface area contributed by atoms with Crippen LogP contribution >= 0.6 is 15.9 Å². The molecule has 0 aromatic heterocycles. The van der Waals surface area contributed by atoms with Crippen LogP contribution in [0.1, 0.15) is 24.8 Å². The molecule has 3 rings (SSSR count). The summed E-state index contributed by atoms with van der Waals surface area (Å²) in [5.41, 5.74) is 1.96. The van der Waals surface area contributed by atoms with Crippen LogP contribution in [0.5, 0.6) is 0 Å². The van der Waals surface area contributed by atoms with E-state index in [4.69, 9.17) is 9.47 Å². The molecule has 2 aliphatic heterocycles. The maximum absolute atomic E-state index is 12.1. The molecule has 0 radical (unpaired) electrons. The molecule has 1 amide bonds. The zero-order chi connectivity index (χ0) is 16.3. The van der Waals surface area contributed by atoms with Crippen LogP contribution in [0.15, 0.2) is 22.7 Å². The first kappa shape index (κ1) is 16.9.